The van der Waals surface area contributed by atoms with Crippen molar-refractivity contribution in [2.24, 2.45) is 14.1 Å². The molecule has 28 heavy (non-hydrogen) atoms. The van der Waals surface area contributed by atoms with Crippen molar-refractivity contribution in [3.8, 4) is 11.8 Å². The Morgan fingerprint density at radius 3 is 2.64 bits per heavy atom. The van der Waals surface area contributed by atoms with Gasteiger partial charge in [0.15, 0.2) is 0 Å². The number of nitrogens with zero attached hydrogens (tertiary/aromatic N) is 3. The average Bonchev–Trinajstić information content (AvgIpc) is 2.71. The van der Waals surface area contributed by atoms with Crippen LogP contribution in [0.4, 0.5) is 5.82 Å². The van der Waals surface area contributed by atoms with Crippen LogP contribution in [0.25, 0.3) is 0 Å². The first-order chi connectivity index (χ1) is 13.4. The molecule has 3 N–H and O–H groups in total. The normalized spacial score (nSPS) is 11.7. The number of aliphatic hydroxyl groups is 1. The summed E-state index contributed by atoms with van der Waals surface area (Å²) in [4.78, 5) is 24.0. The summed E-state index contributed by atoms with van der Waals surface area (Å²) in [6, 6.07) is 8.88. The van der Waals surface area contributed by atoms with E-state index in [4.69, 9.17) is 10.00 Å². The van der Waals surface area contributed by atoms with Crippen LogP contribution in [0.15, 0.2) is 33.9 Å². The van der Waals surface area contributed by atoms with Gasteiger partial charge in [-0.05, 0) is 19.1 Å². The van der Waals surface area contributed by atoms with Gasteiger partial charge in [0.2, 0.25) is 0 Å². The molecular weight excluding hydrogens is 362 g/mol. The summed E-state index contributed by atoms with van der Waals surface area (Å²) < 4.78 is 7.95. The minimum absolute atomic E-state index is 0.0570. The molecule has 0 saturated carbocycles. The number of aromatic nitrogens is 2. The fourth-order valence-electron chi connectivity index (χ4n) is 2.73. The zero-order valence-corrected chi connectivity index (χ0v) is 16.2. The minimum atomic E-state index is -0.748. The Labute approximate surface area is 162 Å². The molecule has 9 heteroatoms. The summed E-state index contributed by atoms with van der Waals surface area (Å²) in [6.07, 6.45) is -0.748. The van der Waals surface area contributed by atoms with E-state index >= 15 is 0 Å². The van der Waals surface area contributed by atoms with E-state index in [0.717, 1.165) is 4.57 Å². The Kier molecular flexibility index (Phi) is 7.37. The number of ether oxygens (including phenoxy) is 1. The number of rotatable bonds is 9. The Bertz CT molecular complexity index is 937. The van der Waals surface area contributed by atoms with Crippen LogP contribution in [0.1, 0.15) is 11.1 Å². The molecule has 1 aromatic heterocycles. The fourth-order valence-corrected chi connectivity index (χ4v) is 2.73. The van der Waals surface area contributed by atoms with Crippen LogP contribution >= 0.6 is 0 Å². The lowest BCUT2D eigenvalue weighted by Crippen LogP contribution is -2.40. The second-order valence-corrected chi connectivity index (χ2v) is 6.38. The Morgan fingerprint density at radius 1 is 1.21 bits per heavy atom. The van der Waals surface area contributed by atoms with E-state index in [9.17, 15) is 14.7 Å². The van der Waals surface area contributed by atoms with Gasteiger partial charge < -0.3 is 20.5 Å². The summed E-state index contributed by atoms with van der Waals surface area (Å²) in [5.74, 6) is 0.916. The van der Waals surface area contributed by atoms with Gasteiger partial charge in [-0.2, -0.15) is 5.26 Å². The number of hydrogen-bond donors (Lipinski definition) is 3. The maximum Gasteiger partial charge on any atom is 0.332 e. The Balaban J connectivity index is 1.77. The van der Waals surface area contributed by atoms with Gasteiger partial charge in [0.05, 0.1) is 11.1 Å². The maximum absolute atomic E-state index is 12.0. The molecule has 2 aromatic rings. The van der Waals surface area contributed by atoms with E-state index in [0.29, 0.717) is 42.3 Å². The van der Waals surface area contributed by atoms with Crippen molar-refractivity contribution >= 4 is 5.82 Å². The Hall–Kier alpha value is -3.09. The number of aliphatic hydroxyl groups excluding tert-OH is 1. The second kappa shape index (κ2) is 9.73. The quantitative estimate of drug-likeness (QED) is 0.505. The monoisotopic (exact) mass is 387 g/mol. The van der Waals surface area contributed by atoms with Gasteiger partial charge >= 0.3 is 5.69 Å². The first-order valence-electron chi connectivity index (χ1n) is 8.88. The lowest BCUT2D eigenvalue weighted by atomic mass is 10.2. The van der Waals surface area contributed by atoms with E-state index < -0.39 is 11.8 Å². The molecule has 0 aliphatic carbocycles. The Morgan fingerprint density at radius 2 is 1.93 bits per heavy atom. The van der Waals surface area contributed by atoms with Gasteiger partial charge in [0.25, 0.3) is 5.56 Å². The number of anilines is 1. The maximum atomic E-state index is 12.0. The van der Waals surface area contributed by atoms with Gasteiger partial charge in [0, 0.05) is 33.7 Å². The highest BCUT2D eigenvalue weighted by Crippen LogP contribution is 2.16. The van der Waals surface area contributed by atoms with Crippen molar-refractivity contribution in [2.75, 3.05) is 31.6 Å². The highest BCUT2D eigenvalue weighted by molar-refractivity contribution is 5.43. The van der Waals surface area contributed by atoms with E-state index in [-0.39, 0.29) is 12.2 Å². The fraction of sp³-hybridized carbons (Fsp3) is 0.421. The van der Waals surface area contributed by atoms with Crippen LogP contribution in [0.2, 0.25) is 0 Å². The van der Waals surface area contributed by atoms with Crippen LogP contribution in [-0.4, -0.2) is 46.6 Å². The lowest BCUT2D eigenvalue weighted by Gasteiger charge is -2.16. The molecule has 1 heterocycles. The molecule has 0 aliphatic rings. The van der Waals surface area contributed by atoms with Gasteiger partial charge in [-0.1, -0.05) is 12.1 Å². The molecule has 0 fully saturated rings. The van der Waals surface area contributed by atoms with Crippen LogP contribution in [0.3, 0.4) is 0 Å². The molecule has 0 amide bonds. The highest BCUT2D eigenvalue weighted by Gasteiger charge is 2.11. The molecule has 1 unspecified atom stereocenters. The largest absolute Gasteiger partial charge is 0.489 e. The lowest BCUT2D eigenvalue weighted by molar-refractivity contribution is 0.107. The van der Waals surface area contributed by atoms with Crippen molar-refractivity contribution in [2.45, 2.75) is 13.0 Å². The summed E-state index contributed by atoms with van der Waals surface area (Å²) in [7, 11) is 3.05. The molecule has 0 radical (unpaired) electrons. The minimum Gasteiger partial charge on any atom is -0.489 e. The van der Waals surface area contributed by atoms with E-state index in [1.807, 2.05) is 6.07 Å². The third-order valence-corrected chi connectivity index (χ3v) is 4.30. The van der Waals surface area contributed by atoms with Crippen LogP contribution in [-0.2, 0) is 14.1 Å². The number of nitriles is 1. The van der Waals surface area contributed by atoms with E-state index in [1.165, 1.54) is 11.6 Å². The van der Waals surface area contributed by atoms with Crippen LogP contribution < -0.4 is 26.6 Å². The molecule has 0 bridgehead atoms. The summed E-state index contributed by atoms with van der Waals surface area (Å²) >= 11 is 0. The van der Waals surface area contributed by atoms with Gasteiger partial charge in [-0.15, -0.1) is 0 Å². The number of para-hydroxylation sites is 1. The SMILES string of the molecule is Cc1c(NCCNCC(O)COc2ccccc2C#N)n(C)c(=O)n(C)c1=O. The highest BCUT2D eigenvalue weighted by atomic mass is 16.5. The molecular formula is C19H25N5O4. The molecule has 0 saturated heterocycles. The zero-order chi connectivity index (χ0) is 20.7. The average molecular weight is 387 g/mol. The van der Waals surface area contributed by atoms with Gasteiger partial charge in [-0.3, -0.25) is 13.9 Å². The standard InChI is InChI=1S/C19H25N5O4/c1-13-17(23(2)19(27)24(3)18(13)26)22-9-8-21-11-15(25)12-28-16-7-5-4-6-14(16)10-20/h4-7,15,21-22,25H,8-9,11-12H2,1-3H3. The topological polar surface area (TPSA) is 121 Å². The van der Waals surface area contributed by atoms with Crippen LogP contribution in [0, 0.1) is 18.3 Å². The molecule has 0 spiro atoms. The van der Waals surface area contributed by atoms with Crippen molar-refractivity contribution in [3.05, 3.63) is 56.2 Å². The second-order valence-electron chi connectivity index (χ2n) is 6.38. The third kappa shape index (κ3) is 5.00. The van der Waals surface area contributed by atoms with Crippen molar-refractivity contribution in [1.82, 2.24) is 14.5 Å². The van der Waals surface area contributed by atoms with Crippen molar-refractivity contribution in [1.29, 1.82) is 5.26 Å². The zero-order valence-electron chi connectivity index (χ0n) is 16.2. The summed E-state index contributed by atoms with van der Waals surface area (Å²) in [5, 5.41) is 25.2. The number of hydrogen-bond acceptors (Lipinski definition) is 7. The summed E-state index contributed by atoms with van der Waals surface area (Å²) in [6.45, 7) is 2.99. The predicted octanol–water partition coefficient (Wildman–Crippen LogP) is -0.294. The summed E-state index contributed by atoms with van der Waals surface area (Å²) in [5.41, 5.74) is 0.163. The molecule has 2 rings (SSSR count). The van der Waals surface area contributed by atoms with Crippen molar-refractivity contribution < 1.29 is 9.84 Å². The first-order valence-corrected chi connectivity index (χ1v) is 8.88. The predicted molar refractivity (Wildman–Crippen MR) is 106 cm³/mol. The molecule has 150 valence electrons. The molecule has 0 aliphatic heterocycles. The van der Waals surface area contributed by atoms with Gasteiger partial charge in [-0.25, -0.2) is 4.79 Å². The number of nitrogens with one attached hydrogen (secondary N) is 2. The molecule has 9 nitrogen and oxygen atoms in total. The first kappa shape index (κ1) is 21.2. The smallest absolute Gasteiger partial charge is 0.332 e. The van der Waals surface area contributed by atoms with Crippen molar-refractivity contribution in [3.63, 3.8) is 0 Å². The molecule has 1 aromatic carbocycles. The third-order valence-electron chi connectivity index (χ3n) is 4.30. The molecule has 1 atom stereocenters. The van der Waals surface area contributed by atoms with Gasteiger partial charge in [0.1, 0.15) is 30.3 Å². The van der Waals surface area contributed by atoms with E-state index in [2.05, 4.69) is 10.6 Å². The number of benzene rings is 1. The van der Waals surface area contributed by atoms with E-state index in [1.54, 1.807) is 38.2 Å². The van der Waals surface area contributed by atoms with Crippen LogP contribution in [0.5, 0.6) is 5.75 Å².